The summed E-state index contributed by atoms with van der Waals surface area (Å²) < 4.78 is 10.5. The van der Waals surface area contributed by atoms with Gasteiger partial charge < -0.3 is 9.47 Å². The number of aliphatic imine (C=N–C) groups is 1. The highest BCUT2D eigenvalue weighted by atomic mass is 16.7. The number of hydrogen-bond acceptors (Lipinski definition) is 6. The van der Waals surface area contributed by atoms with Gasteiger partial charge in [0.1, 0.15) is 0 Å². The minimum Gasteiger partial charge on any atom is -0.454 e. The molecular weight excluding hydrogens is 302 g/mol. The van der Waals surface area contributed by atoms with Crippen molar-refractivity contribution in [2.24, 2.45) is 10.9 Å². The van der Waals surface area contributed by atoms with Gasteiger partial charge in [-0.25, -0.2) is 4.79 Å². The molecule has 2 heterocycles. The van der Waals surface area contributed by atoms with E-state index < -0.39 is 23.8 Å². The number of benzene rings is 1. The summed E-state index contributed by atoms with van der Waals surface area (Å²) in [5.41, 5.74) is 0.860. The van der Waals surface area contributed by atoms with Crippen LogP contribution in [0.3, 0.4) is 0 Å². The lowest BCUT2D eigenvalue weighted by molar-refractivity contribution is -0.144. The van der Waals surface area contributed by atoms with Gasteiger partial charge in [-0.15, -0.1) is 0 Å². The monoisotopic (exact) mass is 317 g/mol. The predicted molar refractivity (Wildman–Crippen MR) is 79.2 cm³/mol. The molecule has 23 heavy (non-hydrogen) atoms. The Morgan fingerprint density at radius 1 is 1.13 bits per heavy atom. The second-order valence-corrected chi connectivity index (χ2v) is 5.23. The van der Waals surface area contributed by atoms with Crippen molar-refractivity contribution in [3.63, 3.8) is 0 Å². The van der Waals surface area contributed by atoms with Gasteiger partial charge in [-0.2, -0.15) is 0 Å². The molecule has 2 aliphatic rings. The highest BCUT2D eigenvalue weighted by Gasteiger charge is 2.41. The number of carbonyl (C=O) groups is 3. The van der Waals surface area contributed by atoms with Gasteiger partial charge in [0.2, 0.25) is 18.6 Å². The molecule has 0 radical (unpaired) electrons. The Hall–Kier alpha value is -2.90. The largest absolute Gasteiger partial charge is 0.454 e. The van der Waals surface area contributed by atoms with Crippen molar-refractivity contribution in [3.8, 4) is 11.5 Å². The van der Waals surface area contributed by atoms with E-state index in [0.29, 0.717) is 11.5 Å². The summed E-state index contributed by atoms with van der Waals surface area (Å²) in [5, 5.41) is 0. The normalized spacial score (nSPS) is 18.4. The van der Waals surface area contributed by atoms with Crippen LogP contribution in [0.2, 0.25) is 0 Å². The first-order valence-corrected chi connectivity index (χ1v) is 6.96. The van der Waals surface area contributed by atoms with E-state index in [1.165, 1.54) is 20.3 Å². The van der Waals surface area contributed by atoms with Crippen LogP contribution < -0.4 is 9.47 Å². The average Bonchev–Trinajstić information content (AvgIpc) is 3.02. The Bertz CT molecular complexity index is 691. The number of imide groups is 2. The maximum atomic E-state index is 12.0. The Morgan fingerprint density at radius 3 is 2.48 bits per heavy atom. The van der Waals surface area contributed by atoms with Crippen molar-refractivity contribution in [2.75, 3.05) is 20.9 Å². The summed E-state index contributed by atoms with van der Waals surface area (Å²) in [6.45, 7) is 0.481. The van der Waals surface area contributed by atoms with Crippen molar-refractivity contribution in [2.45, 2.75) is 6.54 Å². The second-order valence-electron chi connectivity index (χ2n) is 5.23. The molecule has 0 aliphatic carbocycles. The zero-order valence-corrected chi connectivity index (χ0v) is 12.7. The Kier molecular flexibility index (Phi) is 3.73. The van der Waals surface area contributed by atoms with E-state index in [2.05, 4.69) is 4.99 Å². The van der Waals surface area contributed by atoms with Crippen molar-refractivity contribution in [1.29, 1.82) is 0 Å². The summed E-state index contributed by atoms with van der Waals surface area (Å²) in [6, 6.07) is 4.77. The molecule has 0 spiro atoms. The molecule has 4 amide bonds. The minimum atomic E-state index is -1.07. The summed E-state index contributed by atoms with van der Waals surface area (Å²) in [4.78, 5) is 41.7. The van der Waals surface area contributed by atoms with Crippen LogP contribution in [-0.2, 0) is 16.1 Å². The first-order chi connectivity index (χ1) is 11.0. The molecule has 8 heteroatoms. The van der Waals surface area contributed by atoms with Crippen molar-refractivity contribution < 1.29 is 23.9 Å². The number of urea groups is 1. The lowest BCUT2D eigenvalue weighted by atomic mass is 10.1. The van der Waals surface area contributed by atoms with Gasteiger partial charge in [0, 0.05) is 20.3 Å². The molecular formula is C15H15N3O5. The van der Waals surface area contributed by atoms with E-state index in [4.69, 9.17) is 9.47 Å². The Morgan fingerprint density at radius 2 is 1.78 bits per heavy atom. The SMILES string of the molecule is CN1C(=O)C(C=NCc2ccc3c(c2)OCO3)C(=O)N(C)C1=O. The van der Waals surface area contributed by atoms with Crippen LogP contribution >= 0.6 is 0 Å². The van der Waals surface area contributed by atoms with Crippen LogP contribution in [-0.4, -0.2) is 54.7 Å². The average molecular weight is 317 g/mol. The van der Waals surface area contributed by atoms with E-state index in [1.54, 1.807) is 12.1 Å². The van der Waals surface area contributed by atoms with E-state index in [9.17, 15) is 14.4 Å². The number of carbonyl (C=O) groups excluding carboxylic acids is 3. The van der Waals surface area contributed by atoms with E-state index in [-0.39, 0.29) is 13.3 Å². The summed E-state index contributed by atoms with van der Waals surface area (Å²) in [6.07, 6.45) is 1.29. The molecule has 0 unspecified atom stereocenters. The van der Waals surface area contributed by atoms with Gasteiger partial charge in [0.25, 0.3) is 0 Å². The van der Waals surface area contributed by atoms with Gasteiger partial charge in [0.15, 0.2) is 17.4 Å². The molecule has 0 atom stereocenters. The zero-order valence-electron chi connectivity index (χ0n) is 12.7. The van der Waals surface area contributed by atoms with Crippen LogP contribution in [0.1, 0.15) is 5.56 Å². The predicted octanol–water partition coefficient (Wildman–Crippen LogP) is 0.653. The van der Waals surface area contributed by atoms with Crippen molar-refractivity contribution >= 4 is 24.1 Å². The Labute approximate surface area is 132 Å². The fraction of sp³-hybridized carbons (Fsp3) is 0.333. The molecule has 0 bridgehead atoms. The van der Waals surface area contributed by atoms with E-state index in [0.717, 1.165) is 15.4 Å². The molecule has 0 N–H and O–H groups in total. The molecule has 3 rings (SSSR count). The number of hydrogen-bond donors (Lipinski definition) is 0. The molecule has 120 valence electrons. The number of amides is 4. The van der Waals surface area contributed by atoms with Crippen LogP contribution in [0.25, 0.3) is 0 Å². The summed E-state index contributed by atoms with van der Waals surface area (Å²) >= 11 is 0. The van der Waals surface area contributed by atoms with Crippen LogP contribution in [0.4, 0.5) is 4.79 Å². The summed E-state index contributed by atoms with van der Waals surface area (Å²) in [7, 11) is 2.68. The standard InChI is InChI=1S/C15H15N3O5/c1-17-13(19)10(14(20)18(2)15(17)21)7-16-6-9-3-4-11-12(5-9)23-8-22-11/h3-5,7,10H,6,8H2,1-2H3. The van der Waals surface area contributed by atoms with Crippen molar-refractivity contribution in [3.05, 3.63) is 23.8 Å². The van der Waals surface area contributed by atoms with Gasteiger partial charge in [-0.3, -0.25) is 24.4 Å². The van der Waals surface area contributed by atoms with Gasteiger partial charge in [-0.1, -0.05) is 6.07 Å². The molecule has 8 nitrogen and oxygen atoms in total. The molecule has 0 aromatic heterocycles. The van der Waals surface area contributed by atoms with Gasteiger partial charge in [-0.05, 0) is 17.7 Å². The number of ether oxygens (including phenoxy) is 2. The first kappa shape index (κ1) is 15.0. The minimum absolute atomic E-state index is 0.194. The quantitative estimate of drug-likeness (QED) is 0.603. The van der Waals surface area contributed by atoms with E-state index >= 15 is 0 Å². The second kappa shape index (κ2) is 5.71. The van der Waals surface area contributed by atoms with Gasteiger partial charge in [0.05, 0.1) is 6.54 Å². The molecule has 1 saturated heterocycles. The van der Waals surface area contributed by atoms with Crippen LogP contribution in [0, 0.1) is 5.92 Å². The molecule has 1 fully saturated rings. The van der Waals surface area contributed by atoms with Gasteiger partial charge >= 0.3 is 6.03 Å². The maximum absolute atomic E-state index is 12.0. The third-order valence-electron chi connectivity index (χ3n) is 3.73. The number of nitrogens with zero attached hydrogens (tertiary/aromatic N) is 3. The topological polar surface area (TPSA) is 88.5 Å². The van der Waals surface area contributed by atoms with E-state index in [1.807, 2.05) is 6.07 Å². The highest BCUT2D eigenvalue weighted by molar-refractivity contribution is 6.23. The molecule has 1 aromatic carbocycles. The number of barbiturate groups is 1. The third-order valence-corrected chi connectivity index (χ3v) is 3.73. The molecule has 2 aliphatic heterocycles. The zero-order chi connectivity index (χ0) is 16.6. The smallest absolute Gasteiger partial charge is 0.332 e. The van der Waals surface area contributed by atoms with Crippen LogP contribution in [0.15, 0.2) is 23.2 Å². The fourth-order valence-electron chi connectivity index (χ4n) is 2.37. The first-order valence-electron chi connectivity index (χ1n) is 6.96. The summed E-state index contributed by atoms with van der Waals surface area (Å²) in [5.74, 6) is -0.901. The highest BCUT2D eigenvalue weighted by Crippen LogP contribution is 2.32. The number of fused-ring (bicyclic) bond motifs is 1. The molecule has 1 aromatic rings. The number of rotatable bonds is 3. The lowest BCUT2D eigenvalue weighted by Crippen LogP contribution is -2.57. The van der Waals surface area contributed by atoms with Crippen molar-refractivity contribution in [1.82, 2.24) is 9.80 Å². The van der Waals surface area contributed by atoms with Crippen LogP contribution in [0.5, 0.6) is 11.5 Å². The lowest BCUT2D eigenvalue weighted by Gasteiger charge is -2.31. The third kappa shape index (κ3) is 2.63. The Balaban J connectivity index is 1.71. The maximum Gasteiger partial charge on any atom is 0.332 e. The molecule has 0 saturated carbocycles. The fourth-order valence-corrected chi connectivity index (χ4v) is 2.37.